The van der Waals surface area contributed by atoms with E-state index in [1.54, 1.807) is 0 Å². The molecule has 2 atom stereocenters. The van der Waals surface area contributed by atoms with Gasteiger partial charge in [0.15, 0.2) is 6.10 Å². The van der Waals surface area contributed by atoms with Gasteiger partial charge in [-0.1, -0.05) is 12.1 Å². The number of carbonyl (C=O) groups is 1. The van der Waals surface area contributed by atoms with Crippen molar-refractivity contribution in [1.82, 2.24) is 10.6 Å². The van der Waals surface area contributed by atoms with Crippen LogP contribution in [0.4, 0.5) is 13.2 Å². The minimum atomic E-state index is -4.51. The van der Waals surface area contributed by atoms with Gasteiger partial charge in [0.1, 0.15) is 5.75 Å². The van der Waals surface area contributed by atoms with Gasteiger partial charge in [-0.2, -0.15) is 13.2 Å². The van der Waals surface area contributed by atoms with Crippen LogP contribution in [-0.2, 0) is 11.0 Å². The first kappa shape index (κ1) is 20.6. The molecular formula is C16H22ClF3N2O2. The Hall–Kier alpha value is -1.47. The predicted octanol–water partition coefficient (Wildman–Crippen LogP) is 3.01. The zero-order chi connectivity index (χ0) is 16.9. The summed E-state index contributed by atoms with van der Waals surface area (Å²) < 4.78 is 43.9. The summed E-state index contributed by atoms with van der Waals surface area (Å²) in [6, 6.07) is 4.89. The molecule has 24 heavy (non-hydrogen) atoms. The SMILES string of the molecule is CC(Oc1ccccc1C(F)(F)F)C(=O)NCC1CCCNC1.Cl. The molecule has 136 valence electrons. The number of piperidine rings is 1. The zero-order valence-electron chi connectivity index (χ0n) is 13.4. The number of para-hydroxylation sites is 1. The summed E-state index contributed by atoms with van der Waals surface area (Å²) in [4.78, 5) is 12.0. The van der Waals surface area contributed by atoms with E-state index in [1.165, 1.54) is 25.1 Å². The van der Waals surface area contributed by atoms with Crippen LogP contribution in [-0.4, -0.2) is 31.6 Å². The Morgan fingerprint density at radius 1 is 1.42 bits per heavy atom. The molecule has 1 aromatic rings. The normalized spacial score (nSPS) is 19.1. The summed E-state index contributed by atoms with van der Waals surface area (Å²) >= 11 is 0. The molecule has 1 fully saturated rings. The van der Waals surface area contributed by atoms with Gasteiger partial charge in [-0.05, 0) is 50.9 Å². The molecule has 1 aliphatic heterocycles. The average molecular weight is 367 g/mol. The molecule has 0 aromatic heterocycles. The minimum absolute atomic E-state index is 0. The van der Waals surface area contributed by atoms with Crippen molar-refractivity contribution in [3.05, 3.63) is 29.8 Å². The maximum absolute atomic E-state index is 12.9. The van der Waals surface area contributed by atoms with Gasteiger partial charge >= 0.3 is 6.18 Å². The summed E-state index contributed by atoms with van der Waals surface area (Å²) in [5, 5.41) is 5.99. The molecular weight excluding hydrogens is 345 g/mol. The fraction of sp³-hybridized carbons (Fsp3) is 0.562. The molecule has 1 saturated heterocycles. The van der Waals surface area contributed by atoms with Crippen LogP contribution in [0, 0.1) is 5.92 Å². The van der Waals surface area contributed by atoms with Crippen molar-refractivity contribution in [2.45, 2.75) is 32.0 Å². The first-order valence-electron chi connectivity index (χ1n) is 7.69. The van der Waals surface area contributed by atoms with Gasteiger partial charge in [-0.3, -0.25) is 4.79 Å². The Bertz CT molecular complexity index is 534. The molecule has 2 N–H and O–H groups in total. The third-order valence-electron chi connectivity index (χ3n) is 3.83. The largest absolute Gasteiger partial charge is 0.480 e. The number of rotatable bonds is 5. The number of ether oxygens (including phenoxy) is 1. The summed E-state index contributed by atoms with van der Waals surface area (Å²) in [6.45, 7) is 3.77. The highest BCUT2D eigenvalue weighted by atomic mass is 35.5. The zero-order valence-corrected chi connectivity index (χ0v) is 14.2. The first-order chi connectivity index (χ1) is 10.9. The van der Waals surface area contributed by atoms with Gasteiger partial charge in [0.25, 0.3) is 5.91 Å². The van der Waals surface area contributed by atoms with Crippen LogP contribution in [0.1, 0.15) is 25.3 Å². The lowest BCUT2D eigenvalue weighted by atomic mass is 10.00. The van der Waals surface area contributed by atoms with Crippen LogP contribution in [0.2, 0.25) is 0 Å². The maximum Gasteiger partial charge on any atom is 0.419 e. The van der Waals surface area contributed by atoms with Crippen LogP contribution in [0.25, 0.3) is 0 Å². The lowest BCUT2D eigenvalue weighted by molar-refractivity contribution is -0.140. The number of hydrogen-bond donors (Lipinski definition) is 2. The molecule has 0 aliphatic carbocycles. The molecule has 0 bridgehead atoms. The van der Waals surface area contributed by atoms with Gasteiger partial charge in [0.05, 0.1) is 5.56 Å². The quantitative estimate of drug-likeness (QED) is 0.842. The topological polar surface area (TPSA) is 50.4 Å². The summed E-state index contributed by atoms with van der Waals surface area (Å²) in [6.07, 6.45) is -3.42. The highest BCUT2D eigenvalue weighted by Gasteiger charge is 2.34. The molecule has 0 spiro atoms. The summed E-state index contributed by atoms with van der Waals surface area (Å²) in [5.74, 6) is -0.392. The van der Waals surface area contributed by atoms with Gasteiger partial charge < -0.3 is 15.4 Å². The molecule has 1 heterocycles. The van der Waals surface area contributed by atoms with Crippen molar-refractivity contribution in [1.29, 1.82) is 0 Å². The van der Waals surface area contributed by atoms with E-state index >= 15 is 0 Å². The van der Waals surface area contributed by atoms with Gasteiger partial charge in [-0.15, -0.1) is 12.4 Å². The number of carbonyl (C=O) groups excluding carboxylic acids is 1. The van der Waals surface area contributed by atoms with E-state index in [0.29, 0.717) is 12.5 Å². The van der Waals surface area contributed by atoms with E-state index < -0.39 is 23.8 Å². The highest BCUT2D eigenvalue weighted by Crippen LogP contribution is 2.36. The third kappa shape index (κ3) is 5.87. The second kappa shape index (κ2) is 9.13. The number of halogens is 4. The number of alkyl halides is 3. The van der Waals surface area contributed by atoms with E-state index in [1.807, 2.05) is 0 Å². The van der Waals surface area contributed by atoms with E-state index in [2.05, 4.69) is 10.6 Å². The van der Waals surface area contributed by atoms with Crippen molar-refractivity contribution in [3.63, 3.8) is 0 Å². The van der Waals surface area contributed by atoms with Crippen LogP contribution < -0.4 is 15.4 Å². The van der Waals surface area contributed by atoms with Gasteiger partial charge in [-0.25, -0.2) is 0 Å². The second-order valence-electron chi connectivity index (χ2n) is 5.71. The van der Waals surface area contributed by atoms with Crippen LogP contribution >= 0.6 is 12.4 Å². The maximum atomic E-state index is 12.9. The van der Waals surface area contributed by atoms with Crippen molar-refractivity contribution >= 4 is 18.3 Å². The average Bonchev–Trinajstić information content (AvgIpc) is 2.53. The second-order valence-corrected chi connectivity index (χ2v) is 5.71. The Labute approximate surface area is 145 Å². The van der Waals surface area contributed by atoms with Crippen molar-refractivity contribution in [2.24, 2.45) is 5.92 Å². The van der Waals surface area contributed by atoms with E-state index in [4.69, 9.17) is 4.74 Å². The fourth-order valence-corrected chi connectivity index (χ4v) is 2.53. The standard InChI is InChI=1S/C16H21F3N2O2.ClH/c1-11(15(22)21-10-12-5-4-8-20-9-12)23-14-7-3-2-6-13(14)16(17,18)19;/h2-3,6-7,11-12,20H,4-5,8-10H2,1H3,(H,21,22);1H. The Kier molecular flexibility index (Phi) is 7.83. The van der Waals surface area contributed by atoms with Crippen molar-refractivity contribution in [2.75, 3.05) is 19.6 Å². The van der Waals surface area contributed by atoms with E-state index in [0.717, 1.165) is 32.0 Å². The van der Waals surface area contributed by atoms with Crippen molar-refractivity contribution in [3.8, 4) is 5.75 Å². The molecule has 0 radical (unpaired) electrons. The van der Waals surface area contributed by atoms with Crippen LogP contribution in [0.5, 0.6) is 5.75 Å². The molecule has 8 heteroatoms. The summed E-state index contributed by atoms with van der Waals surface area (Å²) in [5.41, 5.74) is -0.879. The molecule has 1 amide bonds. The Morgan fingerprint density at radius 3 is 2.75 bits per heavy atom. The number of nitrogens with one attached hydrogen (secondary N) is 2. The third-order valence-corrected chi connectivity index (χ3v) is 3.83. The lowest BCUT2D eigenvalue weighted by Gasteiger charge is -2.24. The molecule has 0 saturated carbocycles. The smallest absolute Gasteiger partial charge is 0.419 e. The number of amides is 1. The molecule has 4 nitrogen and oxygen atoms in total. The Morgan fingerprint density at radius 2 is 2.12 bits per heavy atom. The monoisotopic (exact) mass is 366 g/mol. The van der Waals surface area contributed by atoms with E-state index in [9.17, 15) is 18.0 Å². The predicted molar refractivity (Wildman–Crippen MR) is 87.4 cm³/mol. The molecule has 2 unspecified atom stereocenters. The van der Waals surface area contributed by atoms with Gasteiger partial charge in [0.2, 0.25) is 0 Å². The number of hydrogen-bond acceptors (Lipinski definition) is 3. The molecule has 2 rings (SSSR count). The minimum Gasteiger partial charge on any atom is -0.480 e. The molecule has 1 aliphatic rings. The lowest BCUT2D eigenvalue weighted by Crippen LogP contribution is -2.42. The van der Waals surface area contributed by atoms with Crippen LogP contribution in [0.3, 0.4) is 0 Å². The van der Waals surface area contributed by atoms with Crippen LogP contribution in [0.15, 0.2) is 24.3 Å². The molecule has 1 aromatic carbocycles. The number of benzene rings is 1. The Balaban J connectivity index is 0.00000288. The summed E-state index contributed by atoms with van der Waals surface area (Å²) in [7, 11) is 0. The van der Waals surface area contributed by atoms with Gasteiger partial charge in [0, 0.05) is 6.54 Å². The first-order valence-corrected chi connectivity index (χ1v) is 7.69. The highest BCUT2D eigenvalue weighted by molar-refractivity contribution is 5.85. The van der Waals surface area contributed by atoms with Crippen molar-refractivity contribution < 1.29 is 22.7 Å². The fourth-order valence-electron chi connectivity index (χ4n) is 2.53. The van der Waals surface area contributed by atoms with E-state index in [-0.39, 0.29) is 18.2 Å².